The molecule has 12 rings (SSSR count). The van der Waals surface area contributed by atoms with Crippen LogP contribution in [0, 0.1) is 5.41 Å². The van der Waals surface area contributed by atoms with E-state index in [4.69, 9.17) is 15.0 Å². The fourth-order valence-electron chi connectivity index (χ4n) is 11.0. The van der Waals surface area contributed by atoms with Gasteiger partial charge in [0.15, 0.2) is 17.5 Å². The highest BCUT2D eigenvalue weighted by Gasteiger charge is 2.55. The van der Waals surface area contributed by atoms with Gasteiger partial charge in [0, 0.05) is 22.1 Å². The minimum absolute atomic E-state index is 0.543. The van der Waals surface area contributed by atoms with E-state index in [2.05, 4.69) is 232 Å². The van der Waals surface area contributed by atoms with E-state index in [9.17, 15) is 0 Å². The smallest absolute Gasteiger partial charge is 0.164 e. The monoisotopic (exact) mass is 843 g/mol. The van der Waals surface area contributed by atoms with Crippen LogP contribution in [0.3, 0.4) is 0 Å². The van der Waals surface area contributed by atoms with Crippen LogP contribution in [0.5, 0.6) is 0 Å². The normalized spacial score (nSPS) is 19.1. The zero-order chi connectivity index (χ0) is 44.2. The minimum Gasteiger partial charge on any atom is -0.208 e. The van der Waals surface area contributed by atoms with Gasteiger partial charge in [-0.3, -0.25) is 0 Å². The molecule has 1 spiro atoms. The van der Waals surface area contributed by atoms with E-state index >= 15 is 0 Å². The lowest BCUT2D eigenvalue weighted by Gasteiger charge is -2.41. The lowest BCUT2D eigenvalue weighted by molar-refractivity contribution is 0.620. The first-order valence-corrected chi connectivity index (χ1v) is 22.8. The van der Waals surface area contributed by atoms with Gasteiger partial charge in [-0.1, -0.05) is 218 Å². The van der Waals surface area contributed by atoms with Crippen LogP contribution in [0.1, 0.15) is 41.9 Å². The average Bonchev–Trinajstić information content (AvgIpc) is 3.84. The van der Waals surface area contributed by atoms with E-state index in [1.165, 1.54) is 50.1 Å². The molecule has 0 radical (unpaired) electrons. The molecule has 1 unspecified atom stereocenters. The predicted molar refractivity (Wildman–Crippen MR) is 272 cm³/mol. The van der Waals surface area contributed by atoms with Crippen molar-refractivity contribution in [3.05, 3.63) is 281 Å². The summed E-state index contributed by atoms with van der Waals surface area (Å²) >= 11 is 0. The van der Waals surface area contributed by atoms with Gasteiger partial charge in [-0.2, -0.15) is 0 Å². The van der Waals surface area contributed by atoms with Gasteiger partial charge in [0.1, 0.15) is 0 Å². The molecule has 8 aromatic rings. The Balaban J connectivity index is 1.11. The third-order valence-corrected chi connectivity index (χ3v) is 13.9. The van der Waals surface area contributed by atoms with E-state index in [-0.39, 0.29) is 0 Å². The molecule has 0 N–H and O–H groups in total. The van der Waals surface area contributed by atoms with Crippen molar-refractivity contribution in [1.82, 2.24) is 15.0 Å². The summed E-state index contributed by atoms with van der Waals surface area (Å²) in [4.78, 5) is 16.1. The van der Waals surface area contributed by atoms with Crippen molar-refractivity contribution in [2.45, 2.75) is 19.3 Å². The van der Waals surface area contributed by atoms with Crippen LogP contribution in [0.25, 0.3) is 67.3 Å². The van der Waals surface area contributed by atoms with Crippen molar-refractivity contribution < 1.29 is 0 Å². The van der Waals surface area contributed by atoms with Gasteiger partial charge in [0.25, 0.3) is 0 Å². The average molecular weight is 844 g/mol. The standard InChI is InChI=1S/C63H45N3/c1-3-4-28-51-50-31-16-19-35-56(50)63(54-33-17-14-29-48(54)49-30-15-18-34-55(49)63)58(51)57-37-36-52(53-32-20-21-38-62(53,57)2)61-65-59(44-26-12-7-13-27-44)64-60(66-61)47-40-45(42-22-8-5-9-23-42)39-46(41-47)43-24-10-6-11-25-43/h3-41H,1-2H3/b4-3-,51-28-,58-57+. The van der Waals surface area contributed by atoms with Crippen LogP contribution in [0.15, 0.2) is 253 Å². The Morgan fingerprint density at radius 1 is 0.424 bits per heavy atom. The summed E-state index contributed by atoms with van der Waals surface area (Å²) in [7, 11) is 0. The van der Waals surface area contributed by atoms with Gasteiger partial charge in [0.05, 0.1) is 5.41 Å². The first kappa shape index (κ1) is 39.3. The Labute approximate surface area is 386 Å². The number of aromatic nitrogens is 3. The molecule has 1 heterocycles. The van der Waals surface area contributed by atoms with Gasteiger partial charge in [0.2, 0.25) is 0 Å². The number of fused-ring (bicyclic) bond motifs is 8. The highest BCUT2D eigenvalue weighted by Crippen LogP contribution is 2.66. The molecule has 66 heavy (non-hydrogen) atoms. The van der Waals surface area contributed by atoms with Crippen molar-refractivity contribution in [3.63, 3.8) is 0 Å². The molecule has 3 heteroatoms. The summed E-state index contributed by atoms with van der Waals surface area (Å²) in [5.74, 6) is 1.89. The summed E-state index contributed by atoms with van der Waals surface area (Å²) < 4.78 is 0. The van der Waals surface area contributed by atoms with E-state index in [1.807, 2.05) is 18.2 Å². The first-order valence-electron chi connectivity index (χ1n) is 22.8. The molecule has 312 valence electrons. The van der Waals surface area contributed by atoms with Gasteiger partial charge < -0.3 is 0 Å². The first-order chi connectivity index (χ1) is 32.6. The molecule has 4 aliphatic rings. The predicted octanol–water partition coefficient (Wildman–Crippen LogP) is 15.3. The number of benzene rings is 7. The number of rotatable bonds is 6. The topological polar surface area (TPSA) is 38.7 Å². The number of nitrogens with zero attached hydrogens (tertiary/aromatic N) is 3. The maximum absolute atomic E-state index is 5.46. The Morgan fingerprint density at radius 2 is 0.909 bits per heavy atom. The largest absolute Gasteiger partial charge is 0.208 e. The highest BCUT2D eigenvalue weighted by molar-refractivity contribution is 6.02. The molecule has 1 aromatic heterocycles. The second-order valence-electron chi connectivity index (χ2n) is 17.6. The summed E-state index contributed by atoms with van der Waals surface area (Å²) in [6, 6.07) is 65.2. The van der Waals surface area contributed by atoms with Gasteiger partial charge in [-0.15, -0.1) is 0 Å². The molecule has 4 aliphatic carbocycles. The van der Waals surface area contributed by atoms with Crippen LogP contribution in [0.2, 0.25) is 0 Å². The minimum atomic E-state index is -0.557. The Bertz CT molecular complexity index is 3370. The number of allylic oxidation sites excluding steroid dienone is 14. The molecule has 3 nitrogen and oxygen atoms in total. The third-order valence-electron chi connectivity index (χ3n) is 13.9. The fraction of sp³-hybridized carbons (Fsp3) is 0.0635. The summed E-state index contributed by atoms with van der Waals surface area (Å²) in [5, 5.41) is 0. The molecule has 7 aromatic carbocycles. The SMILES string of the molecule is C\C=C/C=C1\C(=C2\C=CC(c3nc(-c4ccccc4)nc(-c4cc(-c5ccccc5)cc(-c5ccccc5)c4)n3)=C3C=CC=CC32C)C2(c3ccccc31)c1ccccc1-c1ccccc12. The maximum atomic E-state index is 5.46. The van der Waals surface area contributed by atoms with E-state index in [1.54, 1.807) is 0 Å². The maximum Gasteiger partial charge on any atom is 0.164 e. The Morgan fingerprint density at radius 3 is 1.50 bits per heavy atom. The number of hydrogen-bond donors (Lipinski definition) is 0. The summed E-state index contributed by atoms with van der Waals surface area (Å²) in [5.41, 5.74) is 18.9. The van der Waals surface area contributed by atoms with Crippen LogP contribution >= 0.6 is 0 Å². The molecule has 0 saturated carbocycles. The lowest BCUT2D eigenvalue weighted by atomic mass is 9.61. The Hall–Kier alpha value is -8.27. The van der Waals surface area contributed by atoms with Crippen LogP contribution in [-0.2, 0) is 5.41 Å². The molecule has 0 bridgehead atoms. The van der Waals surface area contributed by atoms with E-state index in [0.717, 1.165) is 44.5 Å². The van der Waals surface area contributed by atoms with Gasteiger partial charge in [-0.05, 0) is 110 Å². The molecular weight excluding hydrogens is 799 g/mol. The third kappa shape index (κ3) is 6.08. The molecule has 0 aliphatic heterocycles. The molecule has 0 saturated heterocycles. The van der Waals surface area contributed by atoms with Crippen molar-refractivity contribution in [3.8, 4) is 56.2 Å². The van der Waals surface area contributed by atoms with Gasteiger partial charge >= 0.3 is 0 Å². The fourth-order valence-corrected chi connectivity index (χ4v) is 11.0. The second kappa shape index (κ2) is 15.8. The summed E-state index contributed by atoms with van der Waals surface area (Å²) in [6.07, 6.45) is 20.3. The van der Waals surface area contributed by atoms with Crippen molar-refractivity contribution in [2.75, 3.05) is 0 Å². The zero-order valence-electron chi connectivity index (χ0n) is 36.9. The summed E-state index contributed by atoms with van der Waals surface area (Å²) in [6.45, 7) is 4.47. The number of hydrogen-bond acceptors (Lipinski definition) is 3. The van der Waals surface area contributed by atoms with Crippen LogP contribution < -0.4 is 0 Å². The molecule has 0 fully saturated rings. The van der Waals surface area contributed by atoms with Crippen molar-refractivity contribution >= 4 is 11.1 Å². The van der Waals surface area contributed by atoms with Crippen LogP contribution in [-0.4, -0.2) is 15.0 Å². The van der Waals surface area contributed by atoms with Gasteiger partial charge in [-0.25, -0.2) is 15.0 Å². The quantitative estimate of drug-likeness (QED) is 0.167. The Kier molecular flexibility index (Phi) is 9.39. The van der Waals surface area contributed by atoms with E-state index < -0.39 is 10.8 Å². The highest BCUT2D eigenvalue weighted by atomic mass is 15.0. The second-order valence-corrected chi connectivity index (χ2v) is 17.6. The van der Waals surface area contributed by atoms with E-state index in [0.29, 0.717) is 17.5 Å². The molecule has 0 amide bonds. The van der Waals surface area contributed by atoms with Crippen molar-refractivity contribution in [1.29, 1.82) is 0 Å². The molecular formula is C63H45N3. The lowest BCUT2D eigenvalue weighted by Crippen LogP contribution is -2.32. The molecule has 1 atom stereocenters. The zero-order valence-corrected chi connectivity index (χ0v) is 36.9. The van der Waals surface area contributed by atoms with Crippen molar-refractivity contribution in [2.24, 2.45) is 5.41 Å². The van der Waals surface area contributed by atoms with Crippen LogP contribution in [0.4, 0.5) is 0 Å².